The zero-order chi connectivity index (χ0) is 25.0. The van der Waals surface area contributed by atoms with E-state index in [0.717, 1.165) is 0 Å². The molecule has 0 amide bonds. The Morgan fingerprint density at radius 2 is 0.933 bits per heavy atom. The minimum absolute atomic E-state index is 0.275. The fourth-order valence-electron chi connectivity index (χ4n) is 1.51. The molecule has 0 radical (unpaired) electrons. The molecule has 0 aromatic heterocycles. The number of halogens is 17. The van der Waals surface area contributed by atoms with Gasteiger partial charge in [0.15, 0.2) is 0 Å². The summed E-state index contributed by atoms with van der Waals surface area (Å²) in [5, 5.41) is 0. The average molecular weight is 494 g/mol. The van der Waals surface area contributed by atoms with E-state index in [1.807, 2.05) is 0 Å². The van der Waals surface area contributed by atoms with Crippen LogP contribution in [0.3, 0.4) is 0 Å². The van der Waals surface area contributed by atoms with Gasteiger partial charge in [0.2, 0.25) is 0 Å². The van der Waals surface area contributed by atoms with Crippen molar-refractivity contribution in [1.82, 2.24) is 0 Å². The lowest BCUT2D eigenvalue weighted by atomic mass is 9.89. The van der Waals surface area contributed by atoms with E-state index in [-0.39, 0.29) is 7.11 Å². The highest BCUT2D eigenvalue weighted by atomic mass is 19.4. The minimum Gasteiger partial charge on any atom is -0.465 e. The Labute approximate surface area is 151 Å². The van der Waals surface area contributed by atoms with Crippen LogP contribution in [0.5, 0.6) is 0 Å². The van der Waals surface area contributed by atoms with E-state index < -0.39 is 54.0 Å². The number of hydrogen-bond acceptors (Lipinski definition) is 3. The molecule has 20 heteroatoms. The van der Waals surface area contributed by atoms with Crippen LogP contribution in [0, 0.1) is 0 Å². The molecule has 0 spiro atoms. The number of carbonyl (C=O) groups is 1. The molecule has 0 heterocycles. The second-order valence-corrected chi connectivity index (χ2v) is 5.01. The summed E-state index contributed by atoms with van der Waals surface area (Å²) in [5.74, 6) is -27.7. The zero-order valence-electron chi connectivity index (χ0n) is 13.2. The van der Waals surface area contributed by atoms with Gasteiger partial charge in [-0.15, -0.1) is 0 Å². The molecule has 0 aromatic carbocycles. The molecule has 0 N–H and O–H groups in total. The van der Waals surface area contributed by atoms with Crippen molar-refractivity contribution in [2.75, 3.05) is 7.11 Å². The Bertz CT molecular complexity index is 646. The maximum Gasteiger partial charge on any atom is 0.460 e. The molecular formula is C10H3F17O3. The number of methoxy groups -OCH3 is 1. The first-order chi connectivity index (χ1) is 12.7. The number of alkyl halides is 17. The van der Waals surface area contributed by atoms with Crippen LogP contribution >= 0.6 is 0 Å². The quantitative estimate of drug-likeness (QED) is 0.381. The van der Waals surface area contributed by atoms with Gasteiger partial charge in [0.1, 0.15) is 0 Å². The molecule has 3 nitrogen and oxygen atoms in total. The summed E-state index contributed by atoms with van der Waals surface area (Å²) in [5.41, 5.74) is -8.68. The van der Waals surface area contributed by atoms with Gasteiger partial charge in [-0.25, -0.2) is 9.18 Å². The largest absolute Gasteiger partial charge is 0.465 e. The van der Waals surface area contributed by atoms with E-state index in [0.29, 0.717) is 0 Å². The van der Waals surface area contributed by atoms with E-state index in [1.165, 1.54) is 0 Å². The number of carbonyl (C=O) groups excluding carboxylic acids is 1. The van der Waals surface area contributed by atoms with Crippen molar-refractivity contribution in [2.24, 2.45) is 0 Å². The van der Waals surface area contributed by atoms with Gasteiger partial charge in [-0.05, 0) is 0 Å². The van der Waals surface area contributed by atoms with Crippen LogP contribution in [-0.4, -0.2) is 61.1 Å². The van der Waals surface area contributed by atoms with Crippen LogP contribution in [-0.2, 0) is 14.3 Å². The molecule has 0 saturated carbocycles. The SMILES string of the molecule is COC(=O)C(F)(OC(F)(F)C(F)(C(F)(F)F)C(F)(F)C(F)(F)C(F)(F)F)C(F)(F)F. The van der Waals surface area contributed by atoms with Gasteiger partial charge in [0.25, 0.3) is 0 Å². The highest BCUT2D eigenvalue weighted by Gasteiger charge is 2.95. The third-order valence-electron chi connectivity index (χ3n) is 3.06. The smallest absolute Gasteiger partial charge is 0.460 e. The first kappa shape index (κ1) is 28.2. The van der Waals surface area contributed by atoms with Gasteiger partial charge in [0, 0.05) is 0 Å². The second kappa shape index (κ2) is 7.14. The minimum atomic E-state index is -8.68. The molecule has 2 unspecified atom stereocenters. The summed E-state index contributed by atoms with van der Waals surface area (Å²) in [6, 6.07) is 0. The molecule has 180 valence electrons. The monoisotopic (exact) mass is 494 g/mol. The van der Waals surface area contributed by atoms with Crippen molar-refractivity contribution in [3.8, 4) is 0 Å². The summed E-state index contributed by atoms with van der Waals surface area (Å²) in [4.78, 5) is 10.6. The molecule has 2 atom stereocenters. The Morgan fingerprint density at radius 3 is 1.17 bits per heavy atom. The summed E-state index contributed by atoms with van der Waals surface area (Å²) < 4.78 is 221. The maximum atomic E-state index is 13.8. The lowest BCUT2D eigenvalue weighted by Gasteiger charge is -2.43. The van der Waals surface area contributed by atoms with Gasteiger partial charge >= 0.3 is 54.0 Å². The lowest BCUT2D eigenvalue weighted by Crippen LogP contribution is -2.75. The molecule has 0 saturated heterocycles. The van der Waals surface area contributed by atoms with Crippen molar-refractivity contribution < 1.29 is 88.9 Å². The molecular weight excluding hydrogens is 491 g/mol. The normalized spacial score (nSPS) is 19.1. The topological polar surface area (TPSA) is 35.5 Å². The molecule has 0 aliphatic heterocycles. The van der Waals surface area contributed by atoms with Gasteiger partial charge in [0.05, 0.1) is 7.11 Å². The zero-order valence-corrected chi connectivity index (χ0v) is 13.2. The van der Waals surface area contributed by atoms with E-state index in [4.69, 9.17) is 0 Å². The molecule has 0 fully saturated rings. The number of hydrogen-bond donors (Lipinski definition) is 0. The van der Waals surface area contributed by atoms with E-state index in [1.54, 1.807) is 4.74 Å². The van der Waals surface area contributed by atoms with Gasteiger partial charge in [-0.1, -0.05) is 0 Å². The summed E-state index contributed by atoms with van der Waals surface area (Å²) in [6.45, 7) is 0. The van der Waals surface area contributed by atoms with Crippen LogP contribution < -0.4 is 0 Å². The van der Waals surface area contributed by atoms with Gasteiger partial charge in [-0.2, -0.15) is 70.2 Å². The molecule has 0 aromatic rings. The van der Waals surface area contributed by atoms with Crippen molar-refractivity contribution in [3.05, 3.63) is 0 Å². The van der Waals surface area contributed by atoms with Crippen molar-refractivity contribution in [1.29, 1.82) is 0 Å². The lowest BCUT2D eigenvalue weighted by molar-refractivity contribution is -0.500. The van der Waals surface area contributed by atoms with Crippen molar-refractivity contribution in [3.63, 3.8) is 0 Å². The van der Waals surface area contributed by atoms with Crippen molar-refractivity contribution in [2.45, 2.75) is 48.0 Å². The van der Waals surface area contributed by atoms with Crippen molar-refractivity contribution >= 4 is 5.97 Å². The summed E-state index contributed by atoms with van der Waals surface area (Å²) in [6.07, 6.45) is -31.7. The molecule has 0 rings (SSSR count). The van der Waals surface area contributed by atoms with Crippen LogP contribution in [0.4, 0.5) is 74.6 Å². The van der Waals surface area contributed by atoms with Crippen LogP contribution in [0.25, 0.3) is 0 Å². The average Bonchev–Trinajstić information content (AvgIpc) is 2.48. The first-order valence-electron chi connectivity index (χ1n) is 6.19. The molecule has 30 heavy (non-hydrogen) atoms. The third-order valence-corrected chi connectivity index (χ3v) is 3.06. The Morgan fingerprint density at radius 1 is 0.567 bits per heavy atom. The van der Waals surface area contributed by atoms with E-state index in [2.05, 4.69) is 4.74 Å². The fraction of sp³-hybridized carbons (Fsp3) is 0.900. The summed E-state index contributed by atoms with van der Waals surface area (Å²) >= 11 is 0. The number of ether oxygens (including phenoxy) is 2. The highest BCUT2D eigenvalue weighted by Crippen LogP contribution is 2.63. The predicted molar refractivity (Wildman–Crippen MR) is 53.8 cm³/mol. The van der Waals surface area contributed by atoms with E-state index in [9.17, 15) is 79.4 Å². The van der Waals surface area contributed by atoms with Crippen LogP contribution in [0.15, 0.2) is 0 Å². The Kier molecular flexibility index (Phi) is 6.72. The second-order valence-electron chi connectivity index (χ2n) is 5.01. The molecule has 0 aliphatic carbocycles. The number of esters is 1. The molecule has 0 aliphatic rings. The first-order valence-corrected chi connectivity index (χ1v) is 6.19. The van der Waals surface area contributed by atoms with Crippen LogP contribution in [0.1, 0.15) is 0 Å². The van der Waals surface area contributed by atoms with Gasteiger partial charge < -0.3 is 4.74 Å². The third kappa shape index (κ3) is 3.81. The fourth-order valence-corrected chi connectivity index (χ4v) is 1.51. The standard InChI is InChI=1S/C10H3F17O3/c1-29-2(28)3(11,7(17,18)19)30-10(26,27)4(12,8(20,21)22)5(13,14)6(15,16)9(23,24)25/h1H3. The van der Waals surface area contributed by atoms with Crippen LogP contribution in [0.2, 0.25) is 0 Å². The summed E-state index contributed by atoms with van der Waals surface area (Å²) in [7, 11) is -0.275. The number of rotatable bonds is 6. The maximum absolute atomic E-state index is 13.8. The predicted octanol–water partition coefficient (Wildman–Crippen LogP) is 5.10. The Balaban J connectivity index is 7.04. The van der Waals surface area contributed by atoms with E-state index >= 15 is 0 Å². The molecule has 0 bridgehead atoms. The highest BCUT2D eigenvalue weighted by molar-refractivity contribution is 5.78. The Hall–Kier alpha value is -1.76. The van der Waals surface area contributed by atoms with Gasteiger partial charge in [-0.3, -0.25) is 4.74 Å².